The maximum Gasteiger partial charge on any atom is 0.410 e. The van der Waals surface area contributed by atoms with Gasteiger partial charge >= 0.3 is 6.09 Å². The molecule has 1 aromatic carbocycles. The summed E-state index contributed by atoms with van der Waals surface area (Å²) in [6, 6.07) is 6.70. The number of nitro groups is 1. The van der Waals surface area contributed by atoms with Crippen molar-refractivity contribution in [3.63, 3.8) is 0 Å². The summed E-state index contributed by atoms with van der Waals surface area (Å²) in [6.45, 7) is 6.84. The molecule has 0 aliphatic carbocycles. The van der Waals surface area contributed by atoms with Crippen molar-refractivity contribution in [2.75, 3.05) is 13.1 Å². The van der Waals surface area contributed by atoms with Crippen LogP contribution >= 0.6 is 0 Å². The number of carbonyl (C=O) groups excluding carboxylic acids is 1. The lowest BCUT2D eigenvalue weighted by Gasteiger charge is -2.32. The second kappa shape index (κ2) is 7.47. The Kier molecular flexibility index (Phi) is 5.59. The van der Waals surface area contributed by atoms with Crippen molar-refractivity contribution >= 4 is 17.9 Å². The molecule has 1 heterocycles. The van der Waals surface area contributed by atoms with Crippen LogP contribution in [0.2, 0.25) is 0 Å². The van der Waals surface area contributed by atoms with E-state index < -0.39 is 5.60 Å². The van der Waals surface area contributed by atoms with E-state index in [0.29, 0.717) is 24.6 Å². The summed E-state index contributed by atoms with van der Waals surface area (Å²) in [7, 11) is 0. The van der Waals surface area contributed by atoms with Crippen LogP contribution in [0.4, 0.5) is 10.5 Å². The standard InChI is InChI=1S/C18H24N2O4/c1-18(2,3)24-17(21)19-12-10-14(11-13-19)8-9-15-6-4-5-7-16(15)20(22)23/h4-9,14H,10-13H2,1-3H3/b9-8+. The van der Waals surface area contributed by atoms with E-state index in [1.807, 2.05) is 32.9 Å². The van der Waals surface area contributed by atoms with Crippen molar-refractivity contribution in [2.24, 2.45) is 5.92 Å². The number of benzene rings is 1. The van der Waals surface area contributed by atoms with Crippen LogP contribution in [0, 0.1) is 16.0 Å². The lowest BCUT2D eigenvalue weighted by Crippen LogP contribution is -2.41. The molecule has 1 fully saturated rings. The first-order chi connectivity index (χ1) is 11.3. The molecule has 0 radical (unpaired) electrons. The predicted octanol–water partition coefficient (Wildman–Crippen LogP) is 4.26. The molecule has 0 N–H and O–H groups in total. The molecule has 2 rings (SSSR count). The zero-order chi connectivity index (χ0) is 17.7. The largest absolute Gasteiger partial charge is 0.444 e. The third kappa shape index (κ3) is 5.08. The molecule has 24 heavy (non-hydrogen) atoms. The van der Waals surface area contributed by atoms with E-state index >= 15 is 0 Å². The second-order valence-electron chi connectivity index (χ2n) is 6.98. The molecule has 1 amide bonds. The number of rotatable bonds is 3. The Hall–Kier alpha value is -2.37. The fraction of sp³-hybridized carbons (Fsp3) is 0.500. The van der Waals surface area contributed by atoms with Crippen LogP contribution in [0.5, 0.6) is 0 Å². The highest BCUT2D eigenvalue weighted by molar-refractivity contribution is 5.68. The Morgan fingerprint density at radius 1 is 1.29 bits per heavy atom. The third-order valence-corrected chi connectivity index (χ3v) is 3.87. The summed E-state index contributed by atoms with van der Waals surface area (Å²) in [5.74, 6) is 0.309. The normalized spacial score (nSPS) is 16.4. The van der Waals surface area contributed by atoms with Crippen LogP contribution < -0.4 is 0 Å². The molecule has 0 unspecified atom stereocenters. The molecular formula is C18H24N2O4. The third-order valence-electron chi connectivity index (χ3n) is 3.87. The average Bonchev–Trinajstić information content (AvgIpc) is 2.52. The maximum absolute atomic E-state index is 12.0. The second-order valence-corrected chi connectivity index (χ2v) is 6.98. The van der Waals surface area contributed by atoms with Crippen molar-refractivity contribution in [1.29, 1.82) is 0 Å². The quantitative estimate of drug-likeness (QED) is 0.612. The number of hydrogen-bond donors (Lipinski definition) is 0. The summed E-state index contributed by atoms with van der Waals surface area (Å²) in [5.41, 5.74) is 0.233. The summed E-state index contributed by atoms with van der Waals surface area (Å²) in [4.78, 5) is 24.4. The fourth-order valence-electron chi connectivity index (χ4n) is 2.64. The van der Waals surface area contributed by atoms with E-state index in [1.165, 1.54) is 6.07 Å². The van der Waals surface area contributed by atoms with Gasteiger partial charge in [0.2, 0.25) is 0 Å². The molecule has 0 bridgehead atoms. The molecule has 0 aromatic heterocycles. The minimum atomic E-state index is -0.486. The van der Waals surface area contributed by atoms with Gasteiger partial charge in [0.25, 0.3) is 5.69 Å². The average molecular weight is 332 g/mol. The van der Waals surface area contributed by atoms with Gasteiger partial charge in [-0.15, -0.1) is 0 Å². The molecule has 0 spiro atoms. The van der Waals surface area contributed by atoms with Gasteiger partial charge in [0.1, 0.15) is 5.60 Å². The lowest BCUT2D eigenvalue weighted by molar-refractivity contribution is -0.385. The van der Waals surface area contributed by atoms with Gasteiger partial charge < -0.3 is 9.64 Å². The molecule has 1 aliphatic rings. The fourth-order valence-corrected chi connectivity index (χ4v) is 2.64. The molecule has 6 nitrogen and oxygen atoms in total. The molecule has 1 saturated heterocycles. The van der Waals surface area contributed by atoms with Crippen LogP contribution in [0.1, 0.15) is 39.2 Å². The Morgan fingerprint density at radius 2 is 1.92 bits per heavy atom. The topological polar surface area (TPSA) is 72.7 Å². The first-order valence-electron chi connectivity index (χ1n) is 8.16. The first kappa shape index (κ1) is 18.0. The number of para-hydroxylation sites is 1. The van der Waals surface area contributed by atoms with Crippen LogP contribution in [0.15, 0.2) is 30.3 Å². The number of carbonyl (C=O) groups is 1. The molecule has 6 heteroatoms. The number of hydrogen-bond acceptors (Lipinski definition) is 4. The summed E-state index contributed by atoms with van der Waals surface area (Å²) < 4.78 is 5.38. The summed E-state index contributed by atoms with van der Waals surface area (Å²) in [6.07, 6.45) is 5.21. The van der Waals surface area contributed by atoms with Crippen LogP contribution in [0.25, 0.3) is 6.08 Å². The number of nitro benzene ring substituents is 1. The van der Waals surface area contributed by atoms with E-state index in [4.69, 9.17) is 4.74 Å². The molecule has 1 aromatic rings. The van der Waals surface area contributed by atoms with E-state index in [0.717, 1.165) is 12.8 Å². The molecule has 0 atom stereocenters. The molecule has 130 valence electrons. The van der Waals surface area contributed by atoms with Gasteiger partial charge in [-0.05, 0) is 45.6 Å². The Balaban J connectivity index is 1.92. The van der Waals surface area contributed by atoms with E-state index in [1.54, 1.807) is 23.1 Å². The van der Waals surface area contributed by atoms with Crippen LogP contribution in [-0.4, -0.2) is 34.6 Å². The zero-order valence-electron chi connectivity index (χ0n) is 14.4. The molecule has 0 saturated carbocycles. The van der Waals surface area contributed by atoms with Crippen molar-refractivity contribution < 1.29 is 14.5 Å². The number of nitrogens with zero attached hydrogens (tertiary/aromatic N) is 2. The highest BCUT2D eigenvalue weighted by Crippen LogP contribution is 2.24. The minimum absolute atomic E-state index is 0.111. The van der Waals surface area contributed by atoms with Gasteiger partial charge in [-0.25, -0.2) is 4.79 Å². The van der Waals surface area contributed by atoms with Crippen LogP contribution in [0.3, 0.4) is 0 Å². The van der Waals surface area contributed by atoms with Gasteiger partial charge in [0.15, 0.2) is 0 Å². The summed E-state index contributed by atoms with van der Waals surface area (Å²) in [5, 5.41) is 11.0. The Labute approximate surface area is 142 Å². The zero-order valence-corrected chi connectivity index (χ0v) is 14.4. The van der Waals surface area contributed by atoms with Gasteiger partial charge in [-0.3, -0.25) is 10.1 Å². The molecular weight excluding hydrogens is 308 g/mol. The van der Waals surface area contributed by atoms with Crippen molar-refractivity contribution in [1.82, 2.24) is 4.90 Å². The highest BCUT2D eigenvalue weighted by atomic mass is 16.6. The smallest absolute Gasteiger partial charge is 0.410 e. The van der Waals surface area contributed by atoms with Gasteiger partial charge in [0, 0.05) is 19.2 Å². The number of ether oxygens (including phenoxy) is 1. The van der Waals surface area contributed by atoms with E-state index in [-0.39, 0.29) is 16.7 Å². The van der Waals surface area contributed by atoms with Gasteiger partial charge in [-0.2, -0.15) is 0 Å². The van der Waals surface area contributed by atoms with Gasteiger partial charge in [0.05, 0.1) is 10.5 Å². The van der Waals surface area contributed by atoms with Crippen molar-refractivity contribution in [3.8, 4) is 0 Å². The minimum Gasteiger partial charge on any atom is -0.444 e. The maximum atomic E-state index is 12.0. The predicted molar refractivity (Wildman–Crippen MR) is 92.7 cm³/mol. The number of allylic oxidation sites excluding steroid dienone is 1. The number of amides is 1. The summed E-state index contributed by atoms with van der Waals surface area (Å²) >= 11 is 0. The van der Waals surface area contributed by atoms with Crippen LogP contribution in [-0.2, 0) is 4.74 Å². The number of likely N-dealkylation sites (tertiary alicyclic amines) is 1. The SMILES string of the molecule is CC(C)(C)OC(=O)N1CCC(/C=C/c2ccccc2[N+](=O)[O-])CC1. The van der Waals surface area contributed by atoms with Gasteiger partial charge in [-0.1, -0.05) is 24.3 Å². The first-order valence-corrected chi connectivity index (χ1v) is 8.16. The number of piperidine rings is 1. The van der Waals surface area contributed by atoms with Crippen molar-refractivity contribution in [2.45, 2.75) is 39.2 Å². The van der Waals surface area contributed by atoms with E-state index in [2.05, 4.69) is 0 Å². The Bertz CT molecular complexity index is 626. The highest BCUT2D eigenvalue weighted by Gasteiger charge is 2.26. The Morgan fingerprint density at radius 3 is 2.50 bits per heavy atom. The monoisotopic (exact) mass is 332 g/mol. The molecule has 1 aliphatic heterocycles. The van der Waals surface area contributed by atoms with E-state index in [9.17, 15) is 14.9 Å². The van der Waals surface area contributed by atoms with Crippen molar-refractivity contribution in [3.05, 3.63) is 46.0 Å². The lowest BCUT2D eigenvalue weighted by atomic mass is 9.95.